The summed E-state index contributed by atoms with van der Waals surface area (Å²) in [5.41, 5.74) is 0. The first kappa shape index (κ1) is 60.0. The fraction of sp³-hybridized carbons (Fsp3) is 0.761. The molecule has 21 heteroatoms. The number of nitrogens with one attached hydrogen (secondary N) is 5. The second-order valence-corrected chi connectivity index (χ2v) is 16.2. The summed E-state index contributed by atoms with van der Waals surface area (Å²) in [5, 5.41) is 31.2. The van der Waals surface area contributed by atoms with E-state index in [9.17, 15) is 48.3 Å². The second kappa shape index (κ2) is 41.2. The highest BCUT2D eigenvalue weighted by Crippen LogP contribution is 2.14. The summed E-state index contributed by atoms with van der Waals surface area (Å²) in [5.74, 6) is -4.60. The number of carbonyl (C=O) groups is 9. The largest absolute Gasteiger partial charge is 0.481 e. The molecule has 7 amide bonds. The zero-order valence-electron chi connectivity index (χ0n) is 39.4. The molecule has 0 aromatic carbocycles. The van der Waals surface area contributed by atoms with Crippen molar-refractivity contribution in [3.63, 3.8) is 0 Å². The topological polar surface area (TPSA) is 294 Å². The van der Waals surface area contributed by atoms with E-state index in [4.69, 9.17) is 24.1 Å². The van der Waals surface area contributed by atoms with Crippen LogP contribution in [0.4, 0.5) is 0 Å². The fourth-order valence-corrected chi connectivity index (χ4v) is 6.68. The number of carbonyl (C=O) groups excluding carboxylic acids is 7. The van der Waals surface area contributed by atoms with E-state index in [1.54, 1.807) is 0 Å². The van der Waals surface area contributed by atoms with E-state index in [1.807, 2.05) is 0 Å². The van der Waals surface area contributed by atoms with Crippen LogP contribution >= 0.6 is 0 Å². The third-order valence-corrected chi connectivity index (χ3v) is 10.4. The van der Waals surface area contributed by atoms with Crippen molar-refractivity contribution in [1.82, 2.24) is 31.5 Å². The van der Waals surface area contributed by atoms with E-state index in [-0.39, 0.29) is 147 Å². The summed E-state index contributed by atoms with van der Waals surface area (Å²) in [4.78, 5) is 106. The molecule has 0 aliphatic carbocycles. The summed E-state index contributed by atoms with van der Waals surface area (Å²) in [6.07, 6.45) is 20.4. The molecule has 0 unspecified atom stereocenters. The third kappa shape index (κ3) is 36.8. The lowest BCUT2D eigenvalue weighted by Gasteiger charge is -2.14. The number of ether oxygens (including phenoxy) is 4. The van der Waals surface area contributed by atoms with E-state index >= 15 is 0 Å². The number of unbranched alkanes of at least 4 members (excludes halogenated alkanes) is 15. The minimum absolute atomic E-state index is 0.0210. The Morgan fingerprint density at radius 2 is 0.836 bits per heavy atom. The minimum Gasteiger partial charge on any atom is -0.481 e. The molecule has 0 aromatic rings. The summed E-state index contributed by atoms with van der Waals surface area (Å²) in [7, 11) is 0. The van der Waals surface area contributed by atoms with E-state index in [0.29, 0.717) is 6.42 Å². The van der Waals surface area contributed by atoms with Gasteiger partial charge in [0.25, 0.3) is 11.8 Å². The molecule has 0 spiro atoms. The molecule has 0 fully saturated rings. The van der Waals surface area contributed by atoms with Crippen LogP contribution < -0.4 is 26.6 Å². The van der Waals surface area contributed by atoms with Gasteiger partial charge in [-0.15, -0.1) is 0 Å². The minimum atomic E-state index is -1.19. The highest BCUT2D eigenvalue weighted by Gasteiger charge is 2.24. The van der Waals surface area contributed by atoms with Crippen molar-refractivity contribution >= 4 is 53.3 Å². The highest BCUT2D eigenvalue weighted by atomic mass is 16.5. The third-order valence-electron chi connectivity index (χ3n) is 10.4. The van der Waals surface area contributed by atoms with E-state index in [1.165, 1.54) is 57.8 Å². The SMILES string of the molecule is O=C(O)CCCCCCCCCCCCCCCCCCC(=O)N[C@@H](CCC(=O)NCCOCCOCC(=O)NCCOCCOCC(=O)NCCNC(=O)CCN1C(=O)C=CC1=O)C(=O)O. The Kier molecular flexibility index (Phi) is 36.9. The number of hydrogen-bond acceptors (Lipinski definition) is 13. The molecule has 7 N–H and O–H groups in total. The van der Waals surface area contributed by atoms with Crippen molar-refractivity contribution in [2.75, 3.05) is 85.6 Å². The van der Waals surface area contributed by atoms with Crippen LogP contribution in [0.5, 0.6) is 0 Å². The Morgan fingerprint density at radius 3 is 1.30 bits per heavy atom. The molecular formula is C46H78N6O15. The first-order valence-electron chi connectivity index (χ1n) is 24.0. The van der Waals surface area contributed by atoms with Crippen LogP contribution in [0.3, 0.4) is 0 Å². The van der Waals surface area contributed by atoms with Gasteiger partial charge in [0.2, 0.25) is 29.5 Å². The first-order valence-corrected chi connectivity index (χ1v) is 24.0. The van der Waals surface area contributed by atoms with Crippen LogP contribution in [0.1, 0.15) is 135 Å². The maximum atomic E-state index is 12.4. The van der Waals surface area contributed by atoms with Gasteiger partial charge in [0.05, 0.1) is 39.6 Å². The molecule has 0 bridgehead atoms. The van der Waals surface area contributed by atoms with E-state index in [0.717, 1.165) is 55.6 Å². The molecule has 1 aliphatic rings. The summed E-state index contributed by atoms with van der Waals surface area (Å²) < 4.78 is 21.2. The van der Waals surface area contributed by atoms with Gasteiger partial charge in [-0.2, -0.15) is 0 Å². The van der Waals surface area contributed by atoms with Gasteiger partial charge in [-0.25, -0.2) is 4.79 Å². The highest BCUT2D eigenvalue weighted by molar-refractivity contribution is 6.13. The Labute approximate surface area is 394 Å². The number of hydrogen-bond donors (Lipinski definition) is 7. The molecule has 67 heavy (non-hydrogen) atoms. The van der Waals surface area contributed by atoms with Crippen molar-refractivity contribution in [2.24, 2.45) is 0 Å². The lowest BCUT2D eigenvalue weighted by molar-refractivity contribution is -0.142. The van der Waals surface area contributed by atoms with Crippen molar-refractivity contribution in [3.8, 4) is 0 Å². The molecule has 0 saturated carbocycles. The van der Waals surface area contributed by atoms with Crippen LogP contribution in [0.2, 0.25) is 0 Å². The second-order valence-electron chi connectivity index (χ2n) is 16.2. The quantitative estimate of drug-likeness (QED) is 0.0340. The van der Waals surface area contributed by atoms with Crippen LogP contribution in [0.25, 0.3) is 0 Å². The standard InChI is InChI=1S/C46H78N6O15/c53-38(20-19-37(46(62)63)51-40(55)17-15-13-11-9-7-5-3-1-2-4-6-8-10-12-14-16-18-45(60)61)49-26-29-64-31-34-67-36-42(57)50-27-30-65-32-33-66-35-41(56)48-25-24-47-39(54)23-28-52-43(58)21-22-44(52)59/h21-22,37H,1-20,23-36H2,(H,47,54)(H,48,56)(H,49,53)(H,50,57)(H,51,55)(H,60,61)(H,62,63)/t37-/m0/s1. The molecular weight excluding hydrogens is 877 g/mol. The fourth-order valence-electron chi connectivity index (χ4n) is 6.68. The molecule has 382 valence electrons. The number of carboxylic acids is 2. The Morgan fingerprint density at radius 1 is 0.448 bits per heavy atom. The summed E-state index contributed by atoms with van der Waals surface area (Å²) in [6.45, 7) is 1.41. The summed E-state index contributed by atoms with van der Waals surface area (Å²) in [6, 6.07) is -1.15. The van der Waals surface area contributed by atoms with Crippen LogP contribution in [-0.4, -0.2) is 160 Å². The van der Waals surface area contributed by atoms with Crippen molar-refractivity contribution in [1.29, 1.82) is 0 Å². The Balaban J connectivity index is 1.88. The van der Waals surface area contributed by atoms with Gasteiger partial charge in [-0.3, -0.25) is 43.3 Å². The summed E-state index contributed by atoms with van der Waals surface area (Å²) >= 11 is 0. The molecule has 1 rings (SSSR count). The number of aliphatic carboxylic acids is 2. The number of nitrogens with zero attached hydrogens (tertiary/aromatic N) is 1. The molecule has 1 aliphatic heterocycles. The van der Waals surface area contributed by atoms with Gasteiger partial charge >= 0.3 is 11.9 Å². The van der Waals surface area contributed by atoms with Gasteiger partial charge < -0.3 is 55.7 Å². The molecule has 21 nitrogen and oxygen atoms in total. The molecule has 0 radical (unpaired) electrons. The monoisotopic (exact) mass is 955 g/mol. The van der Waals surface area contributed by atoms with E-state index in [2.05, 4.69) is 26.6 Å². The first-order chi connectivity index (χ1) is 32.4. The van der Waals surface area contributed by atoms with Crippen molar-refractivity contribution in [2.45, 2.75) is 141 Å². The lowest BCUT2D eigenvalue weighted by atomic mass is 10.0. The average molecular weight is 955 g/mol. The van der Waals surface area contributed by atoms with Gasteiger partial charge in [0.1, 0.15) is 19.3 Å². The molecule has 1 heterocycles. The van der Waals surface area contributed by atoms with Gasteiger partial charge in [0.15, 0.2) is 0 Å². The molecule has 1 atom stereocenters. The Bertz CT molecular complexity index is 1480. The predicted molar refractivity (Wildman–Crippen MR) is 245 cm³/mol. The Hall–Kier alpha value is -4.99. The van der Waals surface area contributed by atoms with Crippen LogP contribution in [0.15, 0.2) is 12.2 Å². The molecule has 0 saturated heterocycles. The lowest BCUT2D eigenvalue weighted by Crippen LogP contribution is -2.41. The van der Waals surface area contributed by atoms with E-state index < -0.39 is 29.8 Å². The zero-order chi connectivity index (χ0) is 49.2. The molecule has 0 aromatic heterocycles. The number of rotatable bonds is 46. The maximum absolute atomic E-state index is 12.4. The maximum Gasteiger partial charge on any atom is 0.326 e. The van der Waals surface area contributed by atoms with Crippen LogP contribution in [-0.2, 0) is 62.1 Å². The number of imide groups is 1. The van der Waals surface area contributed by atoms with Crippen LogP contribution in [0, 0.1) is 0 Å². The van der Waals surface area contributed by atoms with Crippen molar-refractivity contribution < 1.29 is 72.3 Å². The zero-order valence-corrected chi connectivity index (χ0v) is 39.4. The number of amides is 7. The van der Waals surface area contributed by atoms with Gasteiger partial charge in [0, 0.05) is 70.6 Å². The predicted octanol–water partition coefficient (Wildman–Crippen LogP) is 2.29. The van der Waals surface area contributed by atoms with Gasteiger partial charge in [-0.1, -0.05) is 89.9 Å². The average Bonchev–Trinajstić information content (AvgIpc) is 3.62. The smallest absolute Gasteiger partial charge is 0.326 e. The normalized spacial score (nSPS) is 12.5. The van der Waals surface area contributed by atoms with Crippen molar-refractivity contribution in [3.05, 3.63) is 12.2 Å². The van der Waals surface area contributed by atoms with Gasteiger partial charge in [-0.05, 0) is 19.3 Å². The number of carboxylic acid groups (broad SMARTS) is 2.